The fourth-order valence-electron chi connectivity index (χ4n) is 0.859. The average molecular weight is 257 g/mol. The molecule has 0 aliphatic heterocycles. The minimum atomic E-state index is -0.228. The number of rotatable bonds is 3. The van der Waals surface area contributed by atoms with Gasteiger partial charge in [0.2, 0.25) is 5.91 Å². The van der Waals surface area contributed by atoms with Crippen LogP contribution in [0.15, 0.2) is 22.8 Å². The van der Waals surface area contributed by atoms with E-state index in [-0.39, 0.29) is 18.2 Å². The Hall–Kier alpha value is -1.23. The molecule has 0 aliphatic rings. The number of ketones is 1. The van der Waals surface area contributed by atoms with E-state index in [1.165, 1.54) is 6.92 Å². The molecule has 1 heterocycles. The van der Waals surface area contributed by atoms with Crippen LogP contribution in [0.3, 0.4) is 0 Å². The topological polar surface area (TPSA) is 59.1 Å². The number of halogens is 1. The van der Waals surface area contributed by atoms with Gasteiger partial charge in [0.15, 0.2) is 5.78 Å². The highest BCUT2D eigenvalue weighted by Crippen LogP contribution is 2.06. The van der Waals surface area contributed by atoms with Crippen LogP contribution in [0.4, 0.5) is 0 Å². The Morgan fingerprint density at radius 2 is 2.21 bits per heavy atom. The molecule has 1 aromatic rings. The van der Waals surface area contributed by atoms with Crippen LogP contribution in [-0.2, 0) is 4.79 Å². The second-order valence-electron chi connectivity index (χ2n) is 2.68. The molecule has 1 aromatic heterocycles. The van der Waals surface area contributed by atoms with Crippen LogP contribution in [0.2, 0.25) is 0 Å². The first kappa shape index (κ1) is 10.8. The Morgan fingerprint density at radius 3 is 2.79 bits per heavy atom. The van der Waals surface area contributed by atoms with Crippen LogP contribution in [0.1, 0.15) is 17.4 Å². The third-order valence-corrected chi connectivity index (χ3v) is 1.94. The van der Waals surface area contributed by atoms with Gasteiger partial charge in [-0.15, -0.1) is 0 Å². The maximum absolute atomic E-state index is 11.4. The van der Waals surface area contributed by atoms with Gasteiger partial charge >= 0.3 is 0 Å². The van der Waals surface area contributed by atoms with E-state index in [0.29, 0.717) is 10.3 Å². The van der Waals surface area contributed by atoms with E-state index in [1.54, 1.807) is 18.2 Å². The normalized spacial score (nSPS) is 9.57. The van der Waals surface area contributed by atoms with Crippen LogP contribution in [0.25, 0.3) is 0 Å². The van der Waals surface area contributed by atoms with E-state index in [2.05, 4.69) is 26.2 Å². The second-order valence-corrected chi connectivity index (χ2v) is 3.49. The summed E-state index contributed by atoms with van der Waals surface area (Å²) in [4.78, 5) is 25.9. The molecule has 0 saturated heterocycles. The monoisotopic (exact) mass is 256 g/mol. The summed E-state index contributed by atoms with van der Waals surface area (Å²) in [6, 6.07) is 5.06. The molecule has 1 N–H and O–H groups in total. The third-order valence-electron chi connectivity index (χ3n) is 1.50. The van der Waals surface area contributed by atoms with Crippen LogP contribution in [0, 0.1) is 0 Å². The Kier molecular flexibility index (Phi) is 3.76. The lowest BCUT2D eigenvalue weighted by molar-refractivity contribution is -0.118. The van der Waals surface area contributed by atoms with Gasteiger partial charge in [0.05, 0.1) is 6.54 Å². The number of carbonyl (C=O) groups excluding carboxylic acids is 2. The second kappa shape index (κ2) is 4.85. The molecule has 0 unspecified atom stereocenters. The molecule has 0 fully saturated rings. The highest BCUT2D eigenvalue weighted by molar-refractivity contribution is 9.10. The summed E-state index contributed by atoms with van der Waals surface area (Å²) in [6.45, 7) is 1.35. The van der Waals surface area contributed by atoms with Crippen molar-refractivity contribution < 1.29 is 9.59 Å². The van der Waals surface area contributed by atoms with Gasteiger partial charge in [0.25, 0.3) is 0 Å². The molecular weight excluding hydrogens is 248 g/mol. The molecule has 0 aliphatic carbocycles. The molecule has 14 heavy (non-hydrogen) atoms. The van der Waals surface area contributed by atoms with Crippen molar-refractivity contribution in [2.45, 2.75) is 6.92 Å². The van der Waals surface area contributed by atoms with Gasteiger partial charge in [-0.05, 0) is 28.1 Å². The van der Waals surface area contributed by atoms with Gasteiger partial charge in [-0.3, -0.25) is 9.59 Å². The number of nitrogens with zero attached hydrogens (tertiary/aromatic N) is 1. The van der Waals surface area contributed by atoms with Gasteiger partial charge in [0, 0.05) is 6.92 Å². The molecule has 1 amide bonds. The summed E-state index contributed by atoms with van der Waals surface area (Å²) in [7, 11) is 0. The van der Waals surface area contributed by atoms with E-state index >= 15 is 0 Å². The zero-order chi connectivity index (χ0) is 10.6. The van der Waals surface area contributed by atoms with Crippen molar-refractivity contribution in [2.75, 3.05) is 6.54 Å². The minimum Gasteiger partial charge on any atom is -0.349 e. The maximum atomic E-state index is 11.4. The highest BCUT2D eigenvalue weighted by atomic mass is 79.9. The van der Waals surface area contributed by atoms with E-state index in [4.69, 9.17) is 0 Å². The number of hydrogen-bond acceptors (Lipinski definition) is 3. The minimum absolute atomic E-state index is 0.0151. The van der Waals surface area contributed by atoms with Gasteiger partial charge in [-0.25, -0.2) is 4.98 Å². The van der Waals surface area contributed by atoms with Crippen molar-refractivity contribution in [3.63, 3.8) is 0 Å². The number of amides is 1. The molecular formula is C9H9BrN2O2. The standard InChI is InChI=1S/C9H9BrN2O2/c1-6(13)11-5-8(14)7-3-2-4-9(10)12-7/h2-4H,5H2,1H3,(H,11,13). The quantitative estimate of drug-likeness (QED) is 0.653. The number of aromatic nitrogens is 1. The summed E-state index contributed by atoms with van der Waals surface area (Å²) in [5.74, 6) is -0.435. The molecule has 0 aromatic carbocycles. The SMILES string of the molecule is CC(=O)NCC(=O)c1cccc(Br)n1. The summed E-state index contributed by atoms with van der Waals surface area (Å²) < 4.78 is 0.603. The van der Waals surface area contributed by atoms with Crippen molar-refractivity contribution >= 4 is 27.6 Å². The Balaban J connectivity index is 2.65. The van der Waals surface area contributed by atoms with Gasteiger partial charge in [0.1, 0.15) is 10.3 Å². The number of hydrogen-bond donors (Lipinski definition) is 1. The van der Waals surface area contributed by atoms with E-state index in [1.807, 2.05) is 0 Å². The molecule has 1 rings (SSSR count). The first-order valence-electron chi connectivity index (χ1n) is 4.00. The lowest BCUT2D eigenvalue weighted by atomic mass is 10.2. The van der Waals surface area contributed by atoms with Crippen molar-refractivity contribution in [1.29, 1.82) is 0 Å². The molecule has 0 radical (unpaired) electrons. The summed E-state index contributed by atoms with van der Waals surface area (Å²) >= 11 is 3.16. The average Bonchev–Trinajstić information content (AvgIpc) is 2.14. The van der Waals surface area contributed by atoms with E-state index in [0.717, 1.165) is 0 Å². The molecule has 74 valence electrons. The predicted octanol–water partition coefficient (Wildman–Crippen LogP) is 1.16. The third kappa shape index (κ3) is 3.26. The van der Waals surface area contributed by atoms with Gasteiger partial charge < -0.3 is 5.32 Å². The zero-order valence-corrected chi connectivity index (χ0v) is 9.17. The van der Waals surface area contributed by atoms with Crippen LogP contribution < -0.4 is 5.32 Å². The van der Waals surface area contributed by atoms with Crippen LogP contribution >= 0.6 is 15.9 Å². The van der Waals surface area contributed by atoms with Crippen LogP contribution in [-0.4, -0.2) is 23.2 Å². The molecule has 0 bridgehead atoms. The number of carbonyl (C=O) groups is 2. The van der Waals surface area contributed by atoms with Crippen molar-refractivity contribution in [1.82, 2.24) is 10.3 Å². The fourth-order valence-corrected chi connectivity index (χ4v) is 1.20. The molecule has 0 atom stereocenters. The highest BCUT2D eigenvalue weighted by Gasteiger charge is 2.07. The number of pyridine rings is 1. The predicted molar refractivity (Wildman–Crippen MR) is 55.0 cm³/mol. The first-order valence-corrected chi connectivity index (χ1v) is 4.79. The van der Waals surface area contributed by atoms with Crippen molar-refractivity contribution in [2.24, 2.45) is 0 Å². The van der Waals surface area contributed by atoms with E-state index < -0.39 is 0 Å². The smallest absolute Gasteiger partial charge is 0.217 e. The van der Waals surface area contributed by atoms with Crippen LogP contribution in [0.5, 0.6) is 0 Å². The van der Waals surface area contributed by atoms with Gasteiger partial charge in [-0.1, -0.05) is 6.07 Å². The molecule has 0 spiro atoms. The molecule has 5 heteroatoms. The first-order chi connectivity index (χ1) is 6.59. The summed E-state index contributed by atoms with van der Waals surface area (Å²) in [5, 5.41) is 2.42. The van der Waals surface area contributed by atoms with Crippen molar-refractivity contribution in [3.8, 4) is 0 Å². The Bertz CT molecular complexity index is 366. The Morgan fingerprint density at radius 1 is 1.50 bits per heavy atom. The van der Waals surface area contributed by atoms with Gasteiger partial charge in [-0.2, -0.15) is 0 Å². The lowest BCUT2D eigenvalue weighted by Crippen LogP contribution is -2.27. The summed E-state index contributed by atoms with van der Waals surface area (Å²) in [5.41, 5.74) is 0.341. The summed E-state index contributed by atoms with van der Waals surface area (Å²) in [6.07, 6.45) is 0. The molecule has 0 saturated carbocycles. The van der Waals surface area contributed by atoms with Crippen molar-refractivity contribution in [3.05, 3.63) is 28.5 Å². The maximum Gasteiger partial charge on any atom is 0.217 e. The molecule has 4 nitrogen and oxygen atoms in total. The Labute approximate surface area is 89.9 Å². The number of nitrogens with one attached hydrogen (secondary N) is 1. The number of Topliss-reactive ketones (excluding diaryl/α,β-unsaturated/α-hetero) is 1. The largest absolute Gasteiger partial charge is 0.349 e. The zero-order valence-electron chi connectivity index (χ0n) is 7.58. The lowest BCUT2D eigenvalue weighted by Gasteiger charge is -2.00. The fraction of sp³-hybridized carbons (Fsp3) is 0.222. The van der Waals surface area contributed by atoms with E-state index in [9.17, 15) is 9.59 Å².